The molecule has 1 amide bonds. The van der Waals surface area contributed by atoms with Crippen LogP contribution in [0.4, 0.5) is 0 Å². The van der Waals surface area contributed by atoms with Crippen molar-refractivity contribution in [3.8, 4) is 0 Å². The van der Waals surface area contributed by atoms with Crippen molar-refractivity contribution in [1.82, 2.24) is 5.06 Å². The molecule has 3 heteroatoms. The summed E-state index contributed by atoms with van der Waals surface area (Å²) in [5.41, 5.74) is 1.28. The van der Waals surface area contributed by atoms with Crippen molar-refractivity contribution >= 4 is 5.91 Å². The van der Waals surface area contributed by atoms with Gasteiger partial charge in [0.1, 0.15) is 0 Å². The number of carbonyl (C=O) groups excluding carboxylic acids is 1. The van der Waals surface area contributed by atoms with E-state index in [1.165, 1.54) is 38.5 Å². The van der Waals surface area contributed by atoms with Gasteiger partial charge in [-0.15, -0.1) is 0 Å². The Morgan fingerprint density at radius 3 is 2.40 bits per heavy atom. The van der Waals surface area contributed by atoms with Crippen molar-refractivity contribution in [2.24, 2.45) is 22.2 Å². The van der Waals surface area contributed by atoms with Gasteiger partial charge in [-0.25, -0.2) is 5.06 Å². The maximum absolute atomic E-state index is 12.5. The summed E-state index contributed by atoms with van der Waals surface area (Å²) in [6.07, 6.45) is 9.74. The van der Waals surface area contributed by atoms with E-state index in [2.05, 4.69) is 13.8 Å². The summed E-state index contributed by atoms with van der Waals surface area (Å²) in [7, 11) is 0. The first kappa shape index (κ1) is 13.1. The molecule has 112 valence electrons. The average Bonchev–Trinajstić information content (AvgIpc) is 2.75. The molecular formula is C17H27NO2. The van der Waals surface area contributed by atoms with E-state index in [0.29, 0.717) is 10.8 Å². The second-order valence-electron chi connectivity index (χ2n) is 8.99. The summed E-state index contributed by atoms with van der Waals surface area (Å²) in [5.74, 6) is 1.12. The van der Waals surface area contributed by atoms with Crippen LogP contribution in [-0.4, -0.2) is 24.1 Å². The Morgan fingerprint density at radius 2 is 1.85 bits per heavy atom. The Morgan fingerprint density at radius 1 is 1.15 bits per heavy atom. The van der Waals surface area contributed by atoms with Crippen molar-refractivity contribution in [2.45, 2.75) is 65.2 Å². The predicted octanol–water partition coefficient (Wildman–Crippen LogP) is 3.54. The normalized spacial score (nSPS) is 49.9. The van der Waals surface area contributed by atoms with Crippen molar-refractivity contribution in [3.63, 3.8) is 0 Å². The van der Waals surface area contributed by atoms with Crippen LogP contribution in [0.2, 0.25) is 0 Å². The fourth-order valence-corrected chi connectivity index (χ4v) is 6.93. The molecule has 0 aromatic heterocycles. The molecule has 5 fully saturated rings. The molecular weight excluding hydrogens is 250 g/mol. The van der Waals surface area contributed by atoms with Gasteiger partial charge in [0.05, 0.1) is 13.2 Å². The highest BCUT2D eigenvalue weighted by molar-refractivity contribution is 5.76. The summed E-state index contributed by atoms with van der Waals surface area (Å²) in [4.78, 5) is 18.0. The van der Waals surface area contributed by atoms with E-state index in [-0.39, 0.29) is 11.3 Å². The number of rotatable bonds is 2. The van der Waals surface area contributed by atoms with Gasteiger partial charge in [0.2, 0.25) is 5.91 Å². The Balaban J connectivity index is 1.56. The van der Waals surface area contributed by atoms with E-state index in [0.717, 1.165) is 31.9 Å². The third-order valence-electron chi connectivity index (χ3n) is 6.30. The van der Waals surface area contributed by atoms with Crippen molar-refractivity contribution in [1.29, 1.82) is 0 Å². The summed E-state index contributed by atoms with van der Waals surface area (Å²) in [6.45, 7) is 6.46. The Kier molecular flexibility index (Phi) is 2.62. The molecule has 5 rings (SSSR count). The molecule has 1 saturated heterocycles. The SMILES string of the molecule is CC12CC3CC(C)(C1)CC(CC(=O)N1CCCO1)(C3)C2. The zero-order valence-corrected chi connectivity index (χ0v) is 12.9. The third-order valence-corrected chi connectivity index (χ3v) is 6.30. The highest BCUT2D eigenvalue weighted by Gasteiger charge is 2.60. The monoisotopic (exact) mass is 277 g/mol. The molecule has 4 aliphatic carbocycles. The molecule has 0 spiro atoms. The van der Waals surface area contributed by atoms with Crippen LogP contribution in [0.25, 0.3) is 0 Å². The smallest absolute Gasteiger partial charge is 0.246 e. The lowest BCUT2D eigenvalue weighted by molar-refractivity contribution is -0.184. The molecule has 5 aliphatic rings. The fraction of sp³-hybridized carbons (Fsp3) is 0.941. The maximum Gasteiger partial charge on any atom is 0.246 e. The summed E-state index contributed by atoms with van der Waals surface area (Å²) < 4.78 is 0. The fourth-order valence-electron chi connectivity index (χ4n) is 6.93. The second kappa shape index (κ2) is 4.00. The van der Waals surface area contributed by atoms with Gasteiger partial charge in [-0.2, -0.15) is 0 Å². The van der Waals surface area contributed by atoms with Crippen LogP contribution in [0.5, 0.6) is 0 Å². The van der Waals surface area contributed by atoms with Gasteiger partial charge in [-0.05, 0) is 67.1 Å². The molecule has 2 atom stereocenters. The summed E-state index contributed by atoms with van der Waals surface area (Å²) in [6, 6.07) is 0. The average molecular weight is 277 g/mol. The molecule has 3 nitrogen and oxygen atoms in total. The number of hydrogen-bond acceptors (Lipinski definition) is 2. The second-order valence-corrected chi connectivity index (χ2v) is 8.99. The first-order valence-corrected chi connectivity index (χ1v) is 8.33. The Bertz CT molecular complexity index is 422. The largest absolute Gasteiger partial charge is 0.273 e. The van der Waals surface area contributed by atoms with Gasteiger partial charge in [-0.3, -0.25) is 9.63 Å². The Labute approximate surface area is 122 Å². The van der Waals surface area contributed by atoms with Crippen LogP contribution < -0.4 is 0 Å². The predicted molar refractivity (Wildman–Crippen MR) is 76.7 cm³/mol. The third kappa shape index (κ3) is 2.01. The Hall–Kier alpha value is -0.570. The quantitative estimate of drug-likeness (QED) is 0.772. The standard InChI is InChI=1S/C17H27NO2/c1-15-6-13-7-16(2,10-15)12-17(8-13,11-15)9-14(19)18-4-3-5-20-18/h13H,3-12H2,1-2H3. The van der Waals surface area contributed by atoms with E-state index in [4.69, 9.17) is 4.84 Å². The van der Waals surface area contributed by atoms with E-state index in [9.17, 15) is 4.79 Å². The van der Waals surface area contributed by atoms with Crippen molar-refractivity contribution in [2.75, 3.05) is 13.2 Å². The van der Waals surface area contributed by atoms with Crippen LogP contribution in [0.1, 0.15) is 65.2 Å². The zero-order chi connectivity index (χ0) is 14.0. The number of amides is 1. The van der Waals surface area contributed by atoms with Gasteiger partial charge in [0, 0.05) is 6.42 Å². The molecule has 0 N–H and O–H groups in total. The minimum absolute atomic E-state index is 0.247. The lowest BCUT2D eigenvalue weighted by Crippen LogP contribution is -2.56. The van der Waals surface area contributed by atoms with E-state index in [1.54, 1.807) is 5.06 Å². The lowest BCUT2D eigenvalue weighted by atomic mass is 9.40. The highest BCUT2D eigenvalue weighted by Crippen LogP contribution is 2.70. The minimum atomic E-state index is 0.247. The molecule has 20 heavy (non-hydrogen) atoms. The molecule has 0 aromatic carbocycles. The number of hydrogen-bond donors (Lipinski definition) is 0. The molecule has 1 heterocycles. The molecule has 4 bridgehead atoms. The maximum atomic E-state index is 12.5. The number of carbonyl (C=O) groups is 1. The number of nitrogens with zero attached hydrogens (tertiary/aromatic N) is 1. The van der Waals surface area contributed by atoms with E-state index < -0.39 is 0 Å². The van der Waals surface area contributed by atoms with Crippen LogP contribution in [0.3, 0.4) is 0 Å². The van der Waals surface area contributed by atoms with Crippen LogP contribution in [0, 0.1) is 22.2 Å². The molecule has 0 aromatic rings. The van der Waals surface area contributed by atoms with Crippen LogP contribution in [-0.2, 0) is 9.63 Å². The van der Waals surface area contributed by atoms with E-state index in [1.807, 2.05) is 0 Å². The molecule has 2 unspecified atom stereocenters. The van der Waals surface area contributed by atoms with Gasteiger partial charge in [0.25, 0.3) is 0 Å². The van der Waals surface area contributed by atoms with Crippen LogP contribution >= 0.6 is 0 Å². The van der Waals surface area contributed by atoms with E-state index >= 15 is 0 Å². The van der Waals surface area contributed by atoms with Gasteiger partial charge in [-0.1, -0.05) is 13.8 Å². The van der Waals surface area contributed by atoms with Gasteiger partial charge in [0.15, 0.2) is 0 Å². The first-order chi connectivity index (χ1) is 9.40. The van der Waals surface area contributed by atoms with Crippen LogP contribution in [0.15, 0.2) is 0 Å². The van der Waals surface area contributed by atoms with Gasteiger partial charge < -0.3 is 0 Å². The first-order valence-electron chi connectivity index (χ1n) is 8.33. The zero-order valence-electron chi connectivity index (χ0n) is 12.9. The van der Waals surface area contributed by atoms with Crippen molar-refractivity contribution < 1.29 is 9.63 Å². The molecule has 4 saturated carbocycles. The summed E-state index contributed by atoms with van der Waals surface area (Å²) >= 11 is 0. The lowest BCUT2D eigenvalue weighted by Gasteiger charge is -2.65. The van der Waals surface area contributed by atoms with Gasteiger partial charge >= 0.3 is 0 Å². The minimum Gasteiger partial charge on any atom is -0.273 e. The summed E-state index contributed by atoms with van der Waals surface area (Å²) in [5, 5.41) is 1.64. The number of hydroxylamine groups is 2. The van der Waals surface area contributed by atoms with Crippen molar-refractivity contribution in [3.05, 3.63) is 0 Å². The molecule has 1 aliphatic heterocycles. The molecule has 0 radical (unpaired) electrons. The topological polar surface area (TPSA) is 29.5 Å². The highest BCUT2D eigenvalue weighted by atomic mass is 16.7.